The van der Waals surface area contributed by atoms with Crippen LogP contribution in [-0.4, -0.2) is 103 Å². The summed E-state index contributed by atoms with van der Waals surface area (Å²) < 4.78 is 0. The summed E-state index contributed by atoms with van der Waals surface area (Å²) in [4.78, 5) is 77.3. The van der Waals surface area contributed by atoms with Crippen LogP contribution in [0.25, 0.3) is 0 Å². The van der Waals surface area contributed by atoms with Crippen molar-refractivity contribution < 1.29 is 59.4 Å². The van der Waals surface area contributed by atoms with Crippen molar-refractivity contribution in [3.05, 3.63) is 58.6 Å². The van der Waals surface area contributed by atoms with Gasteiger partial charge in [0.15, 0.2) is 0 Å². The maximum atomic E-state index is 10.1. The molecular formula is C82H150Cl2N10O12. The van der Waals surface area contributed by atoms with Gasteiger partial charge in [-0.2, -0.15) is 9.98 Å². The Bertz CT molecular complexity index is 2170. The Kier molecular flexibility index (Phi) is 88.8. The number of hydrogen-bond acceptors (Lipinski definition) is 8. The Morgan fingerprint density at radius 2 is 0.434 bits per heavy atom. The standard InChI is InChI=1S/C22H30Cl2N10.6C10H20O2/c23-15-5-9-17(10-6-15)31-21(27)33-19(25)29-13-3-1-2-4-14-30-20(26)34-22(28)32-18-11-7-16(24)8-12-18;6*1-2-3-4-5-6-7-8-9-10(11)12/h5-12H,1-4,13-14H2,(H5,25,27,29,31,33)(H5,26,28,30,32,34);6*2-9H2,1H3,(H,11,12). The Hall–Kier alpha value is -6.68. The molecule has 0 aliphatic rings. The van der Waals surface area contributed by atoms with E-state index in [1.807, 2.05) is 0 Å². The van der Waals surface area contributed by atoms with Gasteiger partial charge in [-0.25, -0.2) is 0 Å². The lowest BCUT2D eigenvalue weighted by molar-refractivity contribution is -0.138. The smallest absolute Gasteiger partial charge is 0.303 e. The first-order valence-electron chi connectivity index (χ1n) is 40.6. The van der Waals surface area contributed by atoms with Gasteiger partial charge in [0.1, 0.15) is 0 Å². The number of carboxylic acids is 6. The molecule has 0 atom stereocenters. The monoisotopic (exact) mass is 1540 g/mol. The Balaban J connectivity index is -0.000000400. The van der Waals surface area contributed by atoms with E-state index in [-0.39, 0.29) is 23.8 Å². The zero-order valence-electron chi connectivity index (χ0n) is 66.8. The van der Waals surface area contributed by atoms with Crippen LogP contribution in [0.3, 0.4) is 0 Å². The van der Waals surface area contributed by atoms with E-state index in [1.54, 1.807) is 48.5 Å². The van der Waals surface area contributed by atoms with Crippen molar-refractivity contribution in [2.75, 3.05) is 23.7 Å². The second-order valence-corrected chi connectivity index (χ2v) is 27.6. The number of benzene rings is 2. The first-order chi connectivity index (χ1) is 50.9. The average Bonchev–Trinajstić information content (AvgIpc) is 0.948. The molecule has 2 aromatic rings. The molecule has 0 bridgehead atoms. The number of hydrogen-bond donors (Lipinski definition) is 12. The Labute approximate surface area is 650 Å². The Morgan fingerprint density at radius 3 is 0.604 bits per heavy atom. The molecule has 24 heteroatoms. The van der Waals surface area contributed by atoms with Gasteiger partial charge >= 0.3 is 35.8 Å². The summed E-state index contributed by atoms with van der Waals surface area (Å²) in [5.74, 6) is -3.42. The molecule has 0 spiro atoms. The van der Waals surface area contributed by atoms with E-state index >= 15 is 0 Å². The Morgan fingerprint density at radius 1 is 0.274 bits per heavy atom. The number of aliphatic imine (C=N–C) groups is 4. The molecule has 106 heavy (non-hydrogen) atoms. The maximum absolute atomic E-state index is 10.1. The topological polar surface area (TPSA) is 401 Å². The third-order valence-electron chi connectivity index (χ3n) is 16.3. The third kappa shape index (κ3) is 101. The van der Waals surface area contributed by atoms with Crippen LogP contribution in [-0.2, 0) is 28.8 Å². The lowest BCUT2D eigenvalue weighted by Gasteiger charge is -2.05. The van der Waals surface area contributed by atoms with Crippen LogP contribution in [0.2, 0.25) is 10.0 Å². The summed E-state index contributed by atoms with van der Waals surface area (Å²) in [5.41, 5.74) is 24.8. The third-order valence-corrected chi connectivity index (χ3v) is 16.8. The van der Waals surface area contributed by atoms with Gasteiger partial charge in [0, 0.05) is 73.0 Å². The first-order valence-corrected chi connectivity index (χ1v) is 41.3. The summed E-state index contributed by atoms with van der Waals surface area (Å²) in [5, 5.41) is 57.2. The molecule has 2 aromatic carbocycles. The molecule has 0 aliphatic carbocycles. The number of carboxylic acid groups (broad SMARTS) is 6. The van der Waals surface area contributed by atoms with Gasteiger partial charge < -0.3 is 64.2 Å². The highest BCUT2D eigenvalue weighted by Crippen LogP contribution is 2.17. The van der Waals surface area contributed by atoms with Crippen LogP contribution < -0.4 is 33.6 Å². The SMILES string of the molecule is CCCCCCCCCC(=O)O.CCCCCCCCCC(=O)O.CCCCCCCCCC(=O)O.CCCCCCCCCC(=O)O.CCCCCCCCCC(=O)O.CCCCCCCCCC(=O)O.NC(=NCCCCCCN=C(N)N=C(N)Nc1ccc(Cl)cc1)N=C(N)Nc1ccc(Cl)cc1. The van der Waals surface area contributed by atoms with E-state index in [4.69, 9.17) is 76.8 Å². The molecule has 0 heterocycles. The van der Waals surface area contributed by atoms with Crippen LogP contribution in [0.4, 0.5) is 11.4 Å². The second kappa shape index (κ2) is 87.2. The highest BCUT2D eigenvalue weighted by molar-refractivity contribution is 6.31. The second-order valence-electron chi connectivity index (χ2n) is 26.7. The number of nitrogens with zero attached hydrogens (tertiary/aromatic N) is 4. The molecule has 0 saturated heterocycles. The fourth-order valence-electron chi connectivity index (χ4n) is 10.1. The van der Waals surface area contributed by atoms with Crippen molar-refractivity contribution in [3.8, 4) is 0 Å². The number of aliphatic carboxylic acids is 6. The number of nitrogens with two attached hydrogens (primary N) is 4. The molecule has 0 aromatic heterocycles. The number of rotatable bonds is 57. The molecule has 2 rings (SSSR count). The van der Waals surface area contributed by atoms with Crippen molar-refractivity contribution in [3.63, 3.8) is 0 Å². The molecule has 0 fully saturated rings. The van der Waals surface area contributed by atoms with Crippen LogP contribution in [0.5, 0.6) is 0 Å². The van der Waals surface area contributed by atoms with Gasteiger partial charge in [0.05, 0.1) is 0 Å². The molecule has 0 aliphatic heterocycles. The summed E-state index contributed by atoms with van der Waals surface area (Å²) in [7, 11) is 0. The minimum atomic E-state index is -0.663. The van der Waals surface area contributed by atoms with Crippen molar-refractivity contribution in [1.29, 1.82) is 0 Å². The maximum Gasteiger partial charge on any atom is 0.303 e. The van der Waals surface area contributed by atoms with Gasteiger partial charge in [-0.15, -0.1) is 0 Å². The summed E-state index contributed by atoms with van der Waals surface area (Å²) in [6, 6.07) is 14.1. The average molecular weight is 1540 g/mol. The van der Waals surface area contributed by atoms with E-state index in [0.29, 0.717) is 61.7 Å². The number of carbonyl (C=O) groups is 6. The van der Waals surface area contributed by atoms with Crippen molar-refractivity contribution >= 4 is 94.2 Å². The largest absolute Gasteiger partial charge is 0.481 e. The fourth-order valence-corrected chi connectivity index (χ4v) is 10.4. The van der Waals surface area contributed by atoms with Crippen LogP contribution in [0.15, 0.2) is 68.5 Å². The predicted molar refractivity (Wildman–Crippen MR) is 446 cm³/mol. The number of guanidine groups is 4. The number of anilines is 2. The number of unbranched alkanes of at least 4 members (excludes halogenated alkanes) is 39. The zero-order chi connectivity index (χ0) is 80.2. The van der Waals surface area contributed by atoms with Gasteiger partial charge in [-0.3, -0.25) is 38.8 Å². The van der Waals surface area contributed by atoms with E-state index in [1.165, 1.54) is 193 Å². The van der Waals surface area contributed by atoms with Crippen LogP contribution in [0.1, 0.15) is 375 Å². The molecule has 22 nitrogen and oxygen atoms in total. The zero-order valence-corrected chi connectivity index (χ0v) is 68.3. The first kappa shape index (κ1) is 108. The van der Waals surface area contributed by atoms with E-state index < -0.39 is 35.8 Å². The molecule has 0 unspecified atom stereocenters. The van der Waals surface area contributed by atoms with Crippen LogP contribution >= 0.6 is 23.2 Å². The summed E-state index contributed by atoms with van der Waals surface area (Å²) >= 11 is 11.7. The van der Waals surface area contributed by atoms with Crippen molar-refractivity contribution in [2.45, 2.75) is 375 Å². The lowest BCUT2D eigenvalue weighted by atomic mass is 10.1. The molecule has 0 saturated carbocycles. The highest BCUT2D eigenvalue weighted by atomic mass is 35.5. The fraction of sp³-hybridized carbons (Fsp3) is 0.732. The number of nitrogens with one attached hydrogen (secondary N) is 2. The summed E-state index contributed by atoms with van der Waals surface area (Å²) in [6.07, 6.45) is 55.5. The van der Waals surface area contributed by atoms with Crippen molar-refractivity contribution in [1.82, 2.24) is 0 Å². The molecule has 614 valence electrons. The normalized spacial score (nSPS) is 11.1. The van der Waals surface area contributed by atoms with Gasteiger partial charge in [0.25, 0.3) is 0 Å². The molecular weight excluding hydrogens is 1390 g/mol. The van der Waals surface area contributed by atoms with Crippen LogP contribution in [0, 0.1) is 0 Å². The lowest BCUT2D eigenvalue weighted by Crippen LogP contribution is -2.26. The highest BCUT2D eigenvalue weighted by Gasteiger charge is 2.04. The van der Waals surface area contributed by atoms with E-state index in [2.05, 4.69) is 72.1 Å². The molecule has 16 N–H and O–H groups in total. The van der Waals surface area contributed by atoms with E-state index in [9.17, 15) is 28.8 Å². The predicted octanol–water partition coefficient (Wildman–Crippen LogP) is 22.6. The number of halogens is 2. The summed E-state index contributed by atoms with van der Waals surface area (Å²) in [6.45, 7) is 14.3. The van der Waals surface area contributed by atoms with Crippen molar-refractivity contribution in [2.24, 2.45) is 42.9 Å². The quantitative estimate of drug-likeness (QED) is 0.0166. The minimum Gasteiger partial charge on any atom is -0.481 e. The molecule has 0 amide bonds. The van der Waals surface area contributed by atoms with Gasteiger partial charge in [-0.05, 0) is 99.9 Å². The molecule has 0 radical (unpaired) electrons. The van der Waals surface area contributed by atoms with Gasteiger partial charge in [0.2, 0.25) is 23.8 Å². The van der Waals surface area contributed by atoms with Gasteiger partial charge in [-0.1, -0.05) is 309 Å². The minimum absolute atomic E-state index is 0.124. The van der Waals surface area contributed by atoms with E-state index in [0.717, 1.165) is 114 Å².